The summed E-state index contributed by atoms with van der Waals surface area (Å²) in [6, 6.07) is -1.26. The van der Waals surface area contributed by atoms with Crippen molar-refractivity contribution < 1.29 is 34.4 Å². The monoisotopic (exact) mass is 249 g/mol. The highest BCUT2D eigenvalue weighted by molar-refractivity contribution is 5.80. The summed E-state index contributed by atoms with van der Waals surface area (Å²) in [7, 11) is 1.29. The summed E-state index contributed by atoms with van der Waals surface area (Å²) in [4.78, 5) is 31.5. The van der Waals surface area contributed by atoms with Crippen molar-refractivity contribution in [2.24, 2.45) is 0 Å². The average molecular weight is 249 g/mol. The number of hydrogen-bond acceptors (Lipinski definition) is 5. The summed E-state index contributed by atoms with van der Waals surface area (Å²) in [5, 5.41) is 28.1. The Morgan fingerprint density at radius 2 is 1.65 bits per heavy atom. The number of carboxylic acid groups (broad SMARTS) is 3. The number of aliphatic carboxylic acids is 3. The van der Waals surface area contributed by atoms with Crippen LogP contribution in [0.1, 0.15) is 12.8 Å². The maximum Gasteiger partial charge on any atom is 0.321 e. The first kappa shape index (κ1) is 15.3. The fourth-order valence-corrected chi connectivity index (χ4v) is 1.13. The third-order valence-electron chi connectivity index (χ3n) is 2.00. The molecule has 0 fully saturated rings. The fraction of sp³-hybridized carbons (Fsp3) is 0.667. The van der Waals surface area contributed by atoms with Gasteiger partial charge < -0.3 is 25.4 Å². The minimum Gasteiger partial charge on any atom is -0.481 e. The second kappa shape index (κ2) is 7.58. The minimum absolute atomic E-state index is 0.0486. The summed E-state index contributed by atoms with van der Waals surface area (Å²) in [5.74, 6) is -3.64. The molecule has 0 amide bonds. The lowest BCUT2D eigenvalue weighted by Crippen LogP contribution is -2.43. The number of nitrogens with one attached hydrogen (secondary N) is 1. The third kappa shape index (κ3) is 7.25. The third-order valence-corrected chi connectivity index (χ3v) is 2.00. The topological polar surface area (TPSA) is 133 Å². The molecule has 0 spiro atoms. The normalized spacial score (nSPS) is 13.9. The van der Waals surface area contributed by atoms with Crippen LogP contribution in [-0.4, -0.2) is 59.0 Å². The number of ether oxygens (including phenoxy) is 1. The van der Waals surface area contributed by atoms with E-state index < -0.39 is 36.5 Å². The van der Waals surface area contributed by atoms with Gasteiger partial charge >= 0.3 is 17.9 Å². The van der Waals surface area contributed by atoms with E-state index in [1.165, 1.54) is 7.11 Å². The molecule has 0 heterocycles. The van der Waals surface area contributed by atoms with Crippen LogP contribution in [0.3, 0.4) is 0 Å². The van der Waals surface area contributed by atoms with Crippen LogP contribution in [0.5, 0.6) is 0 Å². The molecule has 2 atom stereocenters. The lowest BCUT2D eigenvalue weighted by molar-refractivity contribution is -0.146. The molecule has 17 heavy (non-hydrogen) atoms. The van der Waals surface area contributed by atoms with Crippen LogP contribution in [0.25, 0.3) is 0 Å². The Morgan fingerprint density at radius 3 is 2.00 bits per heavy atom. The number of carboxylic acids is 3. The van der Waals surface area contributed by atoms with Crippen molar-refractivity contribution in [3.8, 4) is 0 Å². The molecule has 0 aliphatic carbocycles. The van der Waals surface area contributed by atoms with Gasteiger partial charge in [0.2, 0.25) is 0 Å². The summed E-state index contributed by atoms with van der Waals surface area (Å²) in [5.41, 5.74) is 0. The van der Waals surface area contributed by atoms with E-state index in [1.54, 1.807) is 0 Å². The van der Waals surface area contributed by atoms with Gasteiger partial charge in [-0.2, -0.15) is 0 Å². The van der Waals surface area contributed by atoms with Crippen molar-refractivity contribution in [3.05, 3.63) is 0 Å². The molecule has 0 rings (SSSR count). The van der Waals surface area contributed by atoms with Crippen LogP contribution in [0.15, 0.2) is 0 Å². The maximum absolute atomic E-state index is 10.7. The molecule has 0 aromatic rings. The predicted molar refractivity (Wildman–Crippen MR) is 54.7 cm³/mol. The van der Waals surface area contributed by atoms with Crippen molar-refractivity contribution in [3.63, 3.8) is 0 Å². The molecule has 0 aromatic carbocycles. The van der Waals surface area contributed by atoms with Crippen molar-refractivity contribution in [2.45, 2.75) is 25.0 Å². The average Bonchev–Trinajstić information content (AvgIpc) is 2.20. The molecule has 8 nitrogen and oxygen atoms in total. The quantitative estimate of drug-likeness (QED) is 0.408. The van der Waals surface area contributed by atoms with Gasteiger partial charge in [-0.05, 0) is 0 Å². The molecule has 0 bridgehead atoms. The van der Waals surface area contributed by atoms with E-state index in [0.717, 1.165) is 0 Å². The van der Waals surface area contributed by atoms with Gasteiger partial charge in [0.05, 0.1) is 18.9 Å². The Labute approximate surface area is 97.2 Å². The summed E-state index contributed by atoms with van der Waals surface area (Å²) in [6.45, 7) is -0.0486. The van der Waals surface area contributed by atoms with E-state index in [4.69, 9.17) is 20.1 Å². The van der Waals surface area contributed by atoms with Crippen molar-refractivity contribution >= 4 is 17.9 Å². The van der Waals surface area contributed by atoms with E-state index in [9.17, 15) is 14.4 Å². The van der Waals surface area contributed by atoms with Crippen LogP contribution in [0.4, 0.5) is 0 Å². The summed E-state index contributed by atoms with van der Waals surface area (Å²) >= 11 is 0. The van der Waals surface area contributed by atoms with Crippen LogP contribution in [0.2, 0.25) is 0 Å². The number of hydrogen-bond donors (Lipinski definition) is 4. The van der Waals surface area contributed by atoms with Crippen molar-refractivity contribution in [1.82, 2.24) is 5.32 Å². The summed E-state index contributed by atoms with van der Waals surface area (Å²) < 4.78 is 4.81. The zero-order valence-corrected chi connectivity index (χ0v) is 9.25. The van der Waals surface area contributed by atoms with Gasteiger partial charge in [-0.25, -0.2) is 0 Å². The SMILES string of the molecule is COC(CN[C@@H](CC(=O)O)C(=O)O)CC(=O)O. The van der Waals surface area contributed by atoms with Gasteiger partial charge in [0.25, 0.3) is 0 Å². The van der Waals surface area contributed by atoms with E-state index in [2.05, 4.69) is 5.32 Å². The fourth-order valence-electron chi connectivity index (χ4n) is 1.13. The van der Waals surface area contributed by atoms with Crippen molar-refractivity contribution in [1.29, 1.82) is 0 Å². The second-order valence-electron chi connectivity index (χ2n) is 3.35. The Hall–Kier alpha value is -1.67. The molecule has 0 aromatic heterocycles. The standard InChI is InChI=1S/C9H15NO7/c1-17-5(2-7(11)12)4-10-6(9(15)16)3-8(13)14/h5-6,10H,2-4H2,1H3,(H,11,12)(H,13,14)(H,15,16)/t5?,6-/m0/s1. The van der Waals surface area contributed by atoms with E-state index in [1.807, 2.05) is 0 Å². The van der Waals surface area contributed by atoms with Crippen LogP contribution < -0.4 is 5.32 Å². The molecule has 0 saturated carbocycles. The Kier molecular flexibility index (Phi) is 6.83. The van der Waals surface area contributed by atoms with E-state index in [0.29, 0.717) is 0 Å². The zero-order chi connectivity index (χ0) is 13.4. The Balaban J connectivity index is 4.22. The highest BCUT2D eigenvalue weighted by atomic mass is 16.5. The highest BCUT2D eigenvalue weighted by Crippen LogP contribution is 1.99. The van der Waals surface area contributed by atoms with Crippen molar-refractivity contribution in [2.75, 3.05) is 13.7 Å². The minimum atomic E-state index is -1.31. The van der Waals surface area contributed by atoms with Crippen LogP contribution in [-0.2, 0) is 19.1 Å². The maximum atomic E-state index is 10.7. The predicted octanol–water partition coefficient (Wildman–Crippen LogP) is -1.01. The Bertz CT molecular complexity index is 291. The van der Waals surface area contributed by atoms with E-state index >= 15 is 0 Å². The molecular formula is C9H15NO7. The highest BCUT2D eigenvalue weighted by Gasteiger charge is 2.22. The molecular weight excluding hydrogens is 234 g/mol. The number of methoxy groups -OCH3 is 1. The lowest BCUT2D eigenvalue weighted by atomic mass is 10.2. The first-order valence-corrected chi connectivity index (χ1v) is 4.79. The van der Waals surface area contributed by atoms with Gasteiger partial charge in [0.15, 0.2) is 0 Å². The molecule has 0 radical (unpaired) electrons. The number of rotatable bonds is 9. The smallest absolute Gasteiger partial charge is 0.321 e. The largest absolute Gasteiger partial charge is 0.481 e. The van der Waals surface area contributed by atoms with Gasteiger partial charge in [0.1, 0.15) is 6.04 Å². The van der Waals surface area contributed by atoms with Gasteiger partial charge in [0, 0.05) is 13.7 Å². The molecule has 0 saturated heterocycles. The molecule has 98 valence electrons. The lowest BCUT2D eigenvalue weighted by Gasteiger charge is -2.17. The van der Waals surface area contributed by atoms with Gasteiger partial charge in [-0.1, -0.05) is 0 Å². The molecule has 1 unspecified atom stereocenters. The zero-order valence-electron chi connectivity index (χ0n) is 9.25. The van der Waals surface area contributed by atoms with Gasteiger partial charge in [-0.15, -0.1) is 0 Å². The van der Waals surface area contributed by atoms with Gasteiger partial charge in [-0.3, -0.25) is 14.4 Å². The number of carbonyl (C=O) groups is 3. The molecule has 8 heteroatoms. The molecule has 0 aliphatic heterocycles. The van der Waals surface area contributed by atoms with E-state index in [-0.39, 0.29) is 13.0 Å². The second-order valence-corrected chi connectivity index (χ2v) is 3.35. The first-order chi connectivity index (χ1) is 7.86. The first-order valence-electron chi connectivity index (χ1n) is 4.79. The van der Waals surface area contributed by atoms with Crippen LogP contribution in [0, 0.1) is 0 Å². The molecule has 4 N–H and O–H groups in total. The molecule has 0 aliphatic rings. The van der Waals surface area contributed by atoms with Crippen LogP contribution >= 0.6 is 0 Å². The summed E-state index contributed by atoms with van der Waals surface area (Å²) in [6.07, 6.45) is -1.58. The Morgan fingerprint density at radius 1 is 1.12 bits per heavy atom.